The van der Waals surface area contributed by atoms with Crippen LogP contribution in [0.1, 0.15) is 59.8 Å². The highest BCUT2D eigenvalue weighted by Gasteiger charge is 2.29. The molecule has 0 spiro atoms. The molecule has 1 aliphatic heterocycles. The van der Waals surface area contributed by atoms with Crippen molar-refractivity contribution in [3.63, 3.8) is 0 Å². The topological polar surface area (TPSA) is 77.5 Å². The van der Waals surface area contributed by atoms with Gasteiger partial charge < -0.3 is 14.8 Å². The van der Waals surface area contributed by atoms with Crippen LogP contribution in [0, 0.1) is 0 Å². The van der Waals surface area contributed by atoms with E-state index in [0.717, 1.165) is 23.3 Å². The zero-order valence-electron chi connectivity index (χ0n) is 16.0. The molecule has 2 aromatic rings. The van der Waals surface area contributed by atoms with Crippen LogP contribution in [-0.2, 0) is 26.1 Å². The summed E-state index contributed by atoms with van der Waals surface area (Å²) < 4.78 is 10.6. The number of anilines is 1. The van der Waals surface area contributed by atoms with Gasteiger partial charge in [-0.25, -0.2) is 9.78 Å². The second kappa shape index (κ2) is 7.78. The van der Waals surface area contributed by atoms with Crippen LogP contribution in [0.4, 0.5) is 5.13 Å². The number of nitrogens with one attached hydrogen (secondary N) is 1. The Morgan fingerprint density at radius 2 is 2.07 bits per heavy atom. The van der Waals surface area contributed by atoms with Crippen molar-refractivity contribution < 1.29 is 19.1 Å². The van der Waals surface area contributed by atoms with E-state index in [-0.39, 0.29) is 23.8 Å². The zero-order valence-corrected chi connectivity index (χ0v) is 16.8. The molecule has 1 amide bonds. The first-order valence-electron chi connectivity index (χ1n) is 8.88. The number of amides is 1. The number of carbonyl (C=O) groups is 2. The summed E-state index contributed by atoms with van der Waals surface area (Å²) in [5.74, 6) is -0.634. The zero-order chi connectivity index (χ0) is 19.6. The van der Waals surface area contributed by atoms with E-state index in [1.165, 1.54) is 12.7 Å². The van der Waals surface area contributed by atoms with Crippen molar-refractivity contribution in [2.24, 2.45) is 0 Å². The summed E-state index contributed by atoms with van der Waals surface area (Å²) in [6.07, 6.45) is 0.796. The van der Waals surface area contributed by atoms with Crippen molar-refractivity contribution in [1.82, 2.24) is 4.98 Å². The molecule has 0 bridgehead atoms. The molecule has 6 nitrogen and oxygen atoms in total. The van der Waals surface area contributed by atoms with Crippen LogP contribution in [0.3, 0.4) is 0 Å². The number of fused-ring (bicyclic) bond motifs is 1. The van der Waals surface area contributed by atoms with E-state index < -0.39 is 5.97 Å². The molecule has 0 fully saturated rings. The van der Waals surface area contributed by atoms with Gasteiger partial charge in [0.2, 0.25) is 5.91 Å². The van der Waals surface area contributed by atoms with Crippen molar-refractivity contribution in [3.8, 4) is 0 Å². The van der Waals surface area contributed by atoms with Gasteiger partial charge in [-0.05, 0) is 17.5 Å². The Balaban J connectivity index is 1.75. The third-order valence-corrected chi connectivity index (χ3v) is 5.37. The van der Waals surface area contributed by atoms with Gasteiger partial charge in [-0.2, -0.15) is 0 Å². The molecule has 0 saturated heterocycles. The maximum absolute atomic E-state index is 12.6. The lowest BCUT2D eigenvalue weighted by Gasteiger charge is -2.25. The number of rotatable bonds is 4. The van der Waals surface area contributed by atoms with Crippen LogP contribution in [0.5, 0.6) is 0 Å². The summed E-state index contributed by atoms with van der Waals surface area (Å²) in [6.45, 7) is 6.50. The Hall–Kier alpha value is -2.25. The number of aromatic nitrogens is 1. The third kappa shape index (κ3) is 4.36. The van der Waals surface area contributed by atoms with E-state index in [1.54, 1.807) is 0 Å². The summed E-state index contributed by atoms with van der Waals surface area (Å²) in [5.41, 5.74) is 2.56. The van der Waals surface area contributed by atoms with Crippen LogP contribution in [-0.4, -0.2) is 30.6 Å². The lowest BCUT2D eigenvalue weighted by molar-refractivity contribution is -0.119. The number of ether oxygens (including phenoxy) is 2. The first-order valence-corrected chi connectivity index (χ1v) is 9.70. The summed E-state index contributed by atoms with van der Waals surface area (Å²) in [7, 11) is 1.34. The molecule has 1 atom stereocenters. The van der Waals surface area contributed by atoms with Crippen molar-refractivity contribution in [2.45, 2.75) is 45.1 Å². The van der Waals surface area contributed by atoms with Gasteiger partial charge in [-0.1, -0.05) is 56.4 Å². The smallest absolute Gasteiger partial charge is 0.350 e. The molecule has 2 heterocycles. The van der Waals surface area contributed by atoms with Gasteiger partial charge in [0.05, 0.1) is 31.9 Å². The van der Waals surface area contributed by atoms with E-state index in [2.05, 4.69) is 16.4 Å². The lowest BCUT2D eigenvalue weighted by Crippen LogP contribution is -2.22. The number of nitrogens with zero attached hydrogens (tertiary/aromatic N) is 1. The van der Waals surface area contributed by atoms with Gasteiger partial charge in [-0.3, -0.25) is 4.79 Å². The fourth-order valence-corrected chi connectivity index (χ4v) is 4.21. The molecule has 1 aromatic heterocycles. The molecule has 7 heteroatoms. The quantitative estimate of drug-likeness (QED) is 0.805. The first-order chi connectivity index (χ1) is 12.8. The van der Waals surface area contributed by atoms with Crippen molar-refractivity contribution in [3.05, 3.63) is 46.0 Å². The summed E-state index contributed by atoms with van der Waals surface area (Å²) in [5, 5.41) is 3.21. The monoisotopic (exact) mass is 388 g/mol. The highest BCUT2D eigenvalue weighted by Crippen LogP contribution is 2.34. The van der Waals surface area contributed by atoms with Gasteiger partial charge in [0, 0.05) is 5.41 Å². The van der Waals surface area contributed by atoms with Gasteiger partial charge in [0.1, 0.15) is 4.88 Å². The van der Waals surface area contributed by atoms with Gasteiger partial charge in [0.25, 0.3) is 0 Å². The first kappa shape index (κ1) is 19.5. The molecule has 1 aromatic carbocycles. The molecular weight excluding hydrogens is 364 g/mol. The largest absolute Gasteiger partial charge is 0.465 e. The normalized spacial score (nSPS) is 16.5. The number of esters is 1. The molecule has 1 N–H and O–H groups in total. The molecule has 0 radical (unpaired) electrons. The minimum absolute atomic E-state index is 0.192. The molecular formula is C20H24N2O4S. The Morgan fingerprint density at radius 1 is 1.33 bits per heavy atom. The fourth-order valence-electron chi connectivity index (χ4n) is 3.10. The minimum Gasteiger partial charge on any atom is -0.465 e. The van der Waals surface area contributed by atoms with Crippen molar-refractivity contribution in [2.75, 3.05) is 19.0 Å². The Morgan fingerprint density at radius 3 is 2.78 bits per heavy atom. The third-order valence-electron chi connectivity index (χ3n) is 4.42. The summed E-state index contributed by atoms with van der Waals surface area (Å²) in [4.78, 5) is 29.5. The van der Waals surface area contributed by atoms with Crippen molar-refractivity contribution >= 4 is 28.3 Å². The molecule has 0 aliphatic carbocycles. The molecule has 144 valence electrons. The van der Waals surface area contributed by atoms with Gasteiger partial charge >= 0.3 is 5.97 Å². The van der Waals surface area contributed by atoms with Crippen LogP contribution in [0.15, 0.2) is 24.3 Å². The van der Waals surface area contributed by atoms with Crippen LogP contribution >= 0.6 is 11.3 Å². The molecule has 0 saturated carbocycles. The highest BCUT2D eigenvalue weighted by molar-refractivity contribution is 7.17. The lowest BCUT2D eigenvalue weighted by atomic mass is 9.91. The number of thiazole rings is 1. The standard InChI is InChI=1S/C20H24N2O4S/c1-20(2,3)17-16(18(24)25-4)27-19(22-17)21-15(23)11-14-13-8-6-5-7-12(13)9-10-26-14/h5-8,14H,9-11H2,1-4H3,(H,21,22,23). The predicted molar refractivity (Wildman–Crippen MR) is 104 cm³/mol. The van der Waals surface area contributed by atoms with Crippen molar-refractivity contribution in [1.29, 1.82) is 0 Å². The van der Waals surface area contributed by atoms with Crippen LogP contribution < -0.4 is 5.32 Å². The second-order valence-corrected chi connectivity index (χ2v) is 8.50. The molecule has 1 unspecified atom stereocenters. The number of methoxy groups -OCH3 is 1. The van der Waals surface area contributed by atoms with E-state index in [9.17, 15) is 9.59 Å². The SMILES string of the molecule is COC(=O)c1sc(NC(=O)CC2OCCc3ccccc32)nc1C(C)(C)C. The maximum Gasteiger partial charge on any atom is 0.350 e. The Kier molecular flexibility index (Phi) is 5.62. The average Bonchev–Trinajstić information content (AvgIpc) is 3.05. The minimum atomic E-state index is -0.442. The average molecular weight is 388 g/mol. The number of benzene rings is 1. The van der Waals surface area contributed by atoms with E-state index in [1.807, 2.05) is 39.0 Å². The Bertz CT molecular complexity index is 854. The summed E-state index contributed by atoms with van der Waals surface area (Å²) >= 11 is 1.14. The van der Waals surface area contributed by atoms with Crippen LogP contribution in [0.25, 0.3) is 0 Å². The van der Waals surface area contributed by atoms with E-state index in [0.29, 0.717) is 22.3 Å². The molecule has 3 rings (SSSR count). The predicted octanol–water partition coefficient (Wildman–Crippen LogP) is 3.87. The summed E-state index contributed by atoms with van der Waals surface area (Å²) in [6, 6.07) is 8.03. The molecule has 27 heavy (non-hydrogen) atoms. The number of hydrogen-bond acceptors (Lipinski definition) is 6. The Labute approximate surface area is 162 Å². The van der Waals surface area contributed by atoms with Gasteiger partial charge in [-0.15, -0.1) is 0 Å². The maximum atomic E-state index is 12.6. The second-order valence-electron chi connectivity index (χ2n) is 7.50. The highest BCUT2D eigenvalue weighted by atomic mass is 32.1. The fraction of sp³-hybridized carbons (Fsp3) is 0.450. The van der Waals surface area contributed by atoms with E-state index >= 15 is 0 Å². The van der Waals surface area contributed by atoms with E-state index in [4.69, 9.17) is 9.47 Å². The van der Waals surface area contributed by atoms with Gasteiger partial charge in [0.15, 0.2) is 5.13 Å². The van der Waals surface area contributed by atoms with Crippen LogP contribution in [0.2, 0.25) is 0 Å². The number of carbonyl (C=O) groups excluding carboxylic acids is 2. The molecule has 1 aliphatic rings. The number of hydrogen-bond donors (Lipinski definition) is 1.